The molecule has 1 aliphatic rings. The van der Waals surface area contributed by atoms with Crippen LogP contribution in [0.15, 0.2) is 11.6 Å². The van der Waals surface area contributed by atoms with Crippen molar-refractivity contribution in [2.45, 2.75) is 45.6 Å². The van der Waals surface area contributed by atoms with Crippen LogP contribution < -0.4 is 5.32 Å². The second-order valence-corrected chi connectivity index (χ2v) is 5.12. The van der Waals surface area contributed by atoms with E-state index in [0.717, 1.165) is 25.9 Å². The predicted octanol–water partition coefficient (Wildman–Crippen LogP) is 2.42. The molecular formula is C15H26N2. The van der Waals surface area contributed by atoms with E-state index in [1.54, 1.807) is 0 Å². The first-order chi connectivity index (χ1) is 8.22. The van der Waals surface area contributed by atoms with Gasteiger partial charge in [0.2, 0.25) is 0 Å². The molecule has 96 valence electrons. The van der Waals surface area contributed by atoms with Gasteiger partial charge in [0.1, 0.15) is 0 Å². The summed E-state index contributed by atoms with van der Waals surface area (Å²) in [4.78, 5) is 2.53. The lowest BCUT2D eigenvalue weighted by Crippen LogP contribution is -2.42. The molecule has 0 amide bonds. The number of nitrogens with zero attached hydrogens (tertiary/aromatic N) is 1. The van der Waals surface area contributed by atoms with Gasteiger partial charge in [-0.3, -0.25) is 4.90 Å². The maximum atomic E-state index is 5.23. The topological polar surface area (TPSA) is 15.3 Å². The summed E-state index contributed by atoms with van der Waals surface area (Å²) in [5.41, 5.74) is 1.42. The van der Waals surface area contributed by atoms with Gasteiger partial charge in [0.25, 0.3) is 0 Å². The van der Waals surface area contributed by atoms with Gasteiger partial charge in [0.15, 0.2) is 0 Å². The summed E-state index contributed by atoms with van der Waals surface area (Å²) in [6.45, 7) is 8.96. The van der Waals surface area contributed by atoms with Gasteiger partial charge in [-0.05, 0) is 52.7 Å². The molecule has 0 aromatic heterocycles. The first kappa shape index (κ1) is 14.3. The van der Waals surface area contributed by atoms with Crippen LogP contribution in [0, 0.1) is 12.3 Å². The van der Waals surface area contributed by atoms with E-state index in [9.17, 15) is 0 Å². The zero-order valence-electron chi connectivity index (χ0n) is 11.3. The first-order valence-electron chi connectivity index (χ1n) is 6.75. The van der Waals surface area contributed by atoms with Crippen molar-refractivity contribution in [3.63, 3.8) is 0 Å². The van der Waals surface area contributed by atoms with Gasteiger partial charge in [-0.15, -0.1) is 12.3 Å². The van der Waals surface area contributed by atoms with E-state index in [0.29, 0.717) is 6.04 Å². The van der Waals surface area contributed by atoms with Crippen LogP contribution in [0.2, 0.25) is 0 Å². The molecule has 1 aliphatic heterocycles. The van der Waals surface area contributed by atoms with E-state index in [2.05, 4.69) is 36.1 Å². The number of rotatable bonds is 6. The maximum Gasteiger partial charge on any atom is 0.0165 e. The van der Waals surface area contributed by atoms with Gasteiger partial charge < -0.3 is 5.32 Å². The van der Waals surface area contributed by atoms with Gasteiger partial charge in [-0.25, -0.2) is 0 Å². The molecule has 1 N–H and O–H groups in total. The number of terminal acetylenes is 1. The standard InChI is InChI=1S/C15H26N2/c1-4-5-6-10-16-15-8-12-17(13-9-15)11-7-14(2)3/h1,7,15-16H,5-6,8-13H2,2-3H3. The lowest BCUT2D eigenvalue weighted by molar-refractivity contribution is 0.215. The molecule has 1 fully saturated rings. The number of allylic oxidation sites excluding steroid dienone is 1. The average molecular weight is 234 g/mol. The SMILES string of the molecule is C#CCCCNC1CCN(CC=C(C)C)CC1. The molecule has 0 bridgehead atoms. The van der Waals surface area contributed by atoms with Crippen LogP contribution in [0.1, 0.15) is 39.5 Å². The smallest absolute Gasteiger partial charge is 0.0165 e. The number of nitrogens with one attached hydrogen (secondary N) is 1. The molecule has 2 heteroatoms. The summed E-state index contributed by atoms with van der Waals surface area (Å²) in [6, 6.07) is 0.704. The second kappa shape index (κ2) is 8.33. The summed E-state index contributed by atoms with van der Waals surface area (Å²) in [5.74, 6) is 2.69. The van der Waals surface area contributed by atoms with E-state index in [1.165, 1.54) is 31.5 Å². The molecular weight excluding hydrogens is 208 g/mol. The largest absolute Gasteiger partial charge is 0.314 e. The van der Waals surface area contributed by atoms with Crippen LogP contribution in [0.3, 0.4) is 0 Å². The van der Waals surface area contributed by atoms with Crippen molar-refractivity contribution in [3.05, 3.63) is 11.6 Å². The molecule has 1 rings (SSSR count). The van der Waals surface area contributed by atoms with Crippen LogP contribution in [-0.2, 0) is 0 Å². The highest BCUT2D eigenvalue weighted by molar-refractivity contribution is 4.95. The van der Waals surface area contributed by atoms with Gasteiger partial charge in [0.05, 0.1) is 0 Å². The van der Waals surface area contributed by atoms with Crippen molar-refractivity contribution in [3.8, 4) is 12.3 Å². The maximum absolute atomic E-state index is 5.23. The highest BCUT2D eigenvalue weighted by atomic mass is 15.1. The van der Waals surface area contributed by atoms with Crippen LogP contribution in [0.5, 0.6) is 0 Å². The van der Waals surface area contributed by atoms with Crippen molar-refractivity contribution >= 4 is 0 Å². The summed E-state index contributed by atoms with van der Waals surface area (Å²) in [7, 11) is 0. The lowest BCUT2D eigenvalue weighted by Gasteiger charge is -2.31. The minimum atomic E-state index is 0.704. The summed E-state index contributed by atoms with van der Waals surface area (Å²) >= 11 is 0. The minimum absolute atomic E-state index is 0.704. The number of unbranched alkanes of at least 4 members (excludes halogenated alkanes) is 1. The van der Waals surface area contributed by atoms with E-state index in [4.69, 9.17) is 6.42 Å². The van der Waals surface area contributed by atoms with Gasteiger partial charge >= 0.3 is 0 Å². The van der Waals surface area contributed by atoms with Gasteiger partial charge in [-0.1, -0.05) is 11.6 Å². The third kappa shape index (κ3) is 6.51. The van der Waals surface area contributed by atoms with Gasteiger partial charge in [-0.2, -0.15) is 0 Å². The fraction of sp³-hybridized carbons (Fsp3) is 0.733. The Balaban J connectivity index is 2.09. The molecule has 0 aliphatic carbocycles. The van der Waals surface area contributed by atoms with E-state index < -0.39 is 0 Å². The lowest BCUT2D eigenvalue weighted by atomic mass is 10.0. The second-order valence-electron chi connectivity index (χ2n) is 5.12. The quantitative estimate of drug-likeness (QED) is 0.431. The number of hydrogen-bond donors (Lipinski definition) is 1. The van der Waals surface area contributed by atoms with E-state index >= 15 is 0 Å². The van der Waals surface area contributed by atoms with E-state index in [-0.39, 0.29) is 0 Å². The summed E-state index contributed by atoms with van der Waals surface area (Å²) in [6.07, 6.45) is 12.1. The fourth-order valence-corrected chi connectivity index (χ4v) is 2.13. The number of likely N-dealkylation sites (tertiary alicyclic amines) is 1. The van der Waals surface area contributed by atoms with E-state index in [1.807, 2.05) is 0 Å². The molecule has 0 unspecified atom stereocenters. The number of piperidine rings is 1. The van der Waals surface area contributed by atoms with Crippen LogP contribution in [0.4, 0.5) is 0 Å². The monoisotopic (exact) mass is 234 g/mol. The molecule has 17 heavy (non-hydrogen) atoms. The summed E-state index contributed by atoms with van der Waals surface area (Å²) < 4.78 is 0. The Hall–Kier alpha value is -0.780. The zero-order valence-corrected chi connectivity index (χ0v) is 11.3. The summed E-state index contributed by atoms with van der Waals surface area (Å²) in [5, 5.41) is 3.60. The third-order valence-electron chi connectivity index (χ3n) is 3.28. The van der Waals surface area contributed by atoms with Crippen molar-refractivity contribution in [1.82, 2.24) is 10.2 Å². The molecule has 2 nitrogen and oxygen atoms in total. The normalized spacial score (nSPS) is 17.7. The molecule has 0 aromatic rings. The third-order valence-corrected chi connectivity index (χ3v) is 3.28. The van der Waals surface area contributed by atoms with Crippen molar-refractivity contribution < 1.29 is 0 Å². The van der Waals surface area contributed by atoms with Crippen molar-refractivity contribution in [2.24, 2.45) is 0 Å². The fourth-order valence-electron chi connectivity index (χ4n) is 2.13. The molecule has 0 spiro atoms. The Labute approximate surface area is 106 Å². The highest BCUT2D eigenvalue weighted by Crippen LogP contribution is 2.10. The Kier molecular flexibility index (Phi) is 7.00. The Morgan fingerprint density at radius 3 is 2.71 bits per heavy atom. The molecule has 0 saturated carbocycles. The van der Waals surface area contributed by atoms with Crippen LogP contribution in [-0.4, -0.2) is 37.1 Å². The van der Waals surface area contributed by atoms with Crippen molar-refractivity contribution in [1.29, 1.82) is 0 Å². The Bertz CT molecular complexity index is 263. The van der Waals surface area contributed by atoms with Gasteiger partial charge in [0, 0.05) is 19.0 Å². The Morgan fingerprint density at radius 1 is 1.41 bits per heavy atom. The average Bonchev–Trinajstić information content (AvgIpc) is 2.33. The Morgan fingerprint density at radius 2 is 2.12 bits per heavy atom. The minimum Gasteiger partial charge on any atom is -0.314 e. The molecule has 0 aromatic carbocycles. The van der Waals surface area contributed by atoms with Crippen LogP contribution in [0.25, 0.3) is 0 Å². The molecule has 0 atom stereocenters. The molecule has 0 radical (unpaired) electrons. The highest BCUT2D eigenvalue weighted by Gasteiger charge is 2.17. The van der Waals surface area contributed by atoms with Crippen molar-refractivity contribution in [2.75, 3.05) is 26.2 Å². The molecule has 1 heterocycles. The molecule has 1 saturated heterocycles. The van der Waals surface area contributed by atoms with Crippen LogP contribution >= 0.6 is 0 Å². The number of hydrogen-bond acceptors (Lipinski definition) is 2. The predicted molar refractivity (Wildman–Crippen MR) is 75.0 cm³/mol. The zero-order chi connectivity index (χ0) is 12.5. The first-order valence-corrected chi connectivity index (χ1v) is 6.75.